The molecule has 13 heteroatoms. The number of urea groups is 1. The Morgan fingerprint density at radius 1 is 1.12 bits per heavy atom. The van der Waals surface area contributed by atoms with Crippen LogP contribution in [0.15, 0.2) is 0 Å². The number of aromatic nitrogens is 4. The number of carbonyl (C=O) groups excluding carboxylic acids is 1. The van der Waals surface area contributed by atoms with Crippen LogP contribution in [0.2, 0.25) is 0 Å². The van der Waals surface area contributed by atoms with Crippen molar-refractivity contribution in [1.82, 2.24) is 31.3 Å². The van der Waals surface area contributed by atoms with Gasteiger partial charge < -0.3 is 31.1 Å². The first-order chi connectivity index (χ1) is 11.3. The number of tetrazole rings is 1. The fourth-order valence-electron chi connectivity index (χ4n) is 1.77. The van der Waals surface area contributed by atoms with Crippen molar-refractivity contribution >= 4 is 18.0 Å². The molecule has 2 amide bonds. The summed E-state index contributed by atoms with van der Waals surface area (Å²) in [6, 6.07) is -3.50. The third-order valence-corrected chi connectivity index (χ3v) is 3.01. The van der Waals surface area contributed by atoms with Crippen LogP contribution < -0.4 is 10.6 Å². The van der Waals surface area contributed by atoms with Crippen LogP contribution in [-0.4, -0.2) is 77.4 Å². The molecule has 0 saturated carbocycles. The van der Waals surface area contributed by atoms with Gasteiger partial charge in [-0.05, 0) is 23.3 Å². The van der Waals surface area contributed by atoms with Gasteiger partial charge in [-0.15, -0.1) is 5.10 Å². The van der Waals surface area contributed by atoms with Crippen LogP contribution in [0.5, 0.6) is 0 Å². The summed E-state index contributed by atoms with van der Waals surface area (Å²) in [5, 5.41) is 53.0. The number of hydrogen-bond acceptors (Lipinski definition) is 8. The molecule has 0 radical (unpaired) electrons. The highest BCUT2D eigenvalue weighted by Crippen LogP contribution is 2.03. The molecule has 0 aliphatic heterocycles. The zero-order valence-electron chi connectivity index (χ0n) is 12.4. The van der Waals surface area contributed by atoms with E-state index >= 15 is 0 Å². The second-order valence-electron chi connectivity index (χ2n) is 4.85. The summed E-state index contributed by atoms with van der Waals surface area (Å²) < 4.78 is 0. The Kier molecular flexibility index (Phi) is 7.51. The third-order valence-electron chi connectivity index (χ3n) is 3.01. The second kappa shape index (κ2) is 9.36. The van der Waals surface area contributed by atoms with Gasteiger partial charge in [0.1, 0.15) is 11.9 Å². The van der Waals surface area contributed by atoms with Gasteiger partial charge in [0.25, 0.3) is 0 Å². The normalized spacial score (nSPS) is 13.3. The number of aromatic amines is 1. The van der Waals surface area contributed by atoms with Gasteiger partial charge in [-0.25, -0.2) is 14.7 Å². The van der Waals surface area contributed by atoms with Gasteiger partial charge in [-0.2, -0.15) is 0 Å². The molecule has 2 atom stereocenters. The number of nitrogens with zero attached hydrogens (tertiary/aromatic N) is 3. The minimum Gasteiger partial charge on any atom is -0.481 e. The number of carboxylic acids is 2. The molecule has 1 aromatic heterocycles. The lowest BCUT2D eigenvalue weighted by atomic mass is 10.1. The monoisotopic (exact) mass is 346 g/mol. The fraction of sp³-hybridized carbons (Fsp3) is 0.636. The maximum atomic E-state index is 11.8. The summed E-state index contributed by atoms with van der Waals surface area (Å²) in [5.41, 5.74) is 0. The molecule has 134 valence electrons. The SMILES string of the molecule is O=C(O)CC[C@H](NC(=O)N[C@@H](CCc1nnn[nH]1)C(O)O)C(=O)O. The number of nitrogens with one attached hydrogen (secondary N) is 3. The maximum Gasteiger partial charge on any atom is 0.326 e. The number of aliphatic hydroxyl groups excluding tert-OH is 1. The lowest BCUT2D eigenvalue weighted by molar-refractivity contribution is -0.140. The van der Waals surface area contributed by atoms with Gasteiger partial charge >= 0.3 is 18.0 Å². The lowest BCUT2D eigenvalue weighted by Crippen LogP contribution is -2.52. The number of amides is 2. The van der Waals surface area contributed by atoms with Crippen molar-refractivity contribution in [2.24, 2.45) is 0 Å². The van der Waals surface area contributed by atoms with Crippen molar-refractivity contribution in [2.45, 2.75) is 44.1 Å². The number of aliphatic carboxylic acids is 2. The van der Waals surface area contributed by atoms with Crippen LogP contribution >= 0.6 is 0 Å². The van der Waals surface area contributed by atoms with Crippen LogP contribution in [0, 0.1) is 0 Å². The zero-order valence-corrected chi connectivity index (χ0v) is 12.4. The van der Waals surface area contributed by atoms with Gasteiger partial charge in [0.2, 0.25) is 0 Å². The highest BCUT2D eigenvalue weighted by molar-refractivity contribution is 5.83. The minimum absolute atomic E-state index is 0.0643. The number of carbonyl (C=O) groups is 3. The van der Waals surface area contributed by atoms with Crippen molar-refractivity contribution in [3.05, 3.63) is 5.82 Å². The third kappa shape index (κ3) is 6.97. The van der Waals surface area contributed by atoms with Gasteiger partial charge in [0.05, 0.1) is 6.04 Å². The summed E-state index contributed by atoms with van der Waals surface area (Å²) in [7, 11) is 0. The Balaban J connectivity index is 2.53. The molecule has 0 bridgehead atoms. The van der Waals surface area contributed by atoms with E-state index in [9.17, 15) is 24.6 Å². The first kappa shape index (κ1) is 19.2. The average molecular weight is 346 g/mol. The molecule has 0 aliphatic carbocycles. The number of aryl methyl sites for hydroxylation is 1. The Bertz CT molecular complexity index is 549. The van der Waals surface area contributed by atoms with E-state index in [1.165, 1.54) is 0 Å². The Hall–Kier alpha value is -2.80. The standard InChI is InChI=1S/C11H18N6O7/c18-8(19)4-2-6(10(22)23)13-11(24)12-5(9(20)21)1-3-7-14-16-17-15-7/h5-6,9,20-21H,1-4H2,(H,18,19)(H,22,23)(H2,12,13,24)(H,14,15,16,17)/t5-,6-/m0/s1. The van der Waals surface area contributed by atoms with E-state index in [2.05, 4.69) is 31.3 Å². The fourth-order valence-corrected chi connectivity index (χ4v) is 1.77. The van der Waals surface area contributed by atoms with Gasteiger partial charge in [-0.1, -0.05) is 0 Å². The van der Waals surface area contributed by atoms with Gasteiger partial charge in [0, 0.05) is 12.8 Å². The van der Waals surface area contributed by atoms with Crippen LogP contribution in [0.3, 0.4) is 0 Å². The molecule has 0 fully saturated rings. The van der Waals surface area contributed by atoms with E-state index in [0.717, 1.165) is 0 Å². The molecule has 1 aromatic rings. The number of aliphatic hydroxyl groups is 2. The summed E-state index contributed by atoms with van der Waals surface area (Å²) in [6.45, 7) is 0. The number of H-pyrrole nitrogens is 1. The van der Waals surface area contributed by atoms with Crippen LogP contribution in [0.25, 0.3) is 0 Å². The minimum atomic E-state index is -1.89. The maximum absolute atomic E-state index is 11.8. The summed E-state index contributed by atoms with van der Waals surface area (Å²) in [4.78, 5) is 33.2. The molecular weight excluding hydrogens is 328 g/mol. The predicted octanol–water partition coefficient (Wildman–Crippen LogP) is -2.57. The summed E-state index contributed by atoms with van der Waals surface area (Å²) in [6.07, 6.45) is -2.38. The van der Waals surface area contributed by atoms with Crippen molar-refractivity contribution in [1.29, 1.82) is 0 Å². The quantitative estimate of drug-likeness (QED) is 0.220. The lowest BCUT2D eigenvalue weighted by Gasteiger charge is -2.22. The van der Waals surface area contributed by atoms with Crippen LogP contribution in [0.4, 0.5) is 4.79 Å². The van der Waals surface area contributed by atoms with Crippen molar-refractivity contribution in [3.8, 4) is 0 Å². The van der Waals surface area contributed by atoms with E-state index in [4.69, 9.17) is 10.2 Å². The topological polar surface area (TPSA) is 211 Å². The highest BCUT2D eigenvalue weighted by Gasteiger charge is 2.24. The van der Waals surface area contributed by atoms with Crippen molar-refractivity contribution in [3.63, 3.8) is 0 Å². The Morgan fingerprint density at radius 3 is 2.33 bits per heavy atom. The molecular formula is C11H18N6O7. The van der Waals surface area contributed by atoms with E-state index in [-0.39, 0.29) is 19.3 Å². The van der Waals surface area contributed by atoms with E-state index in [1.807, 2.05) is 0 Å². The Labute approximate surface area is 135 Å². The van der Waals surface area contributed by atoms with Crippen molar-refractivity contribution in [2.75, 3.05) is 0 Å². The molecule has 0 aliphatic rings. The predicted molar refractivity (Wildman–Crippen MR) is 74.5 cm³/mol. The Morgan fingerprint density at radius 2 is 1.83 bits per heavy atom. The molecule has 0 unspecified atom stereocenters. The molecule has 0 spiro atoms. The first-order valence-corrected chi connectivity index (χ1v) is 6.90. The molecule has 0 aromatic carbocycles. The molecule has 7 N–H and O–H groups in total. The second-order valence-corrected chi connectivity index (χ2v) is 4.85. The highest BCUT2D eigenvalue weighted by atomic mass is 16.5. The van der Waals surface area contributed by atoms with Gasteiger partial charge in [-0.3, -0.25) is 4.79 Å². The summed E-state index contributed by atoms with van der Waals surface area (Å²) >= 11 is 0. The van der Waals surface area contributed by atoms with Gasteiger partial charge in [0.15, 0.2) is 6.29 Å². The number of rotatable bonds is 10. The van der Waals surface area contributed by atoms with E-state index in [0.29, 0.717) is 5.82 Å². The van der Waals surface area contributed by atoms with Crippen LogP contribution in [-0.2, 0) is 16.0 Å². The van der Waals surface area contributed by atoms with Crippen LogP contribution in [0.1, 0.15) is 25.1 Å². The largest absolute Gasteiger partial charge is 0.481 e. The number of hydrogen-bond donors (Lipinski definition) is 7. The molecule has 24 heavy (non-hydrogen) atoms. The first-order valence-electron chi connectivity index (χ1n) is 6.90. The molecule has 0 saturated heterocycles. The average Bonchev–Trinajstić information content (AvgIpc) is 3.00. The smallest absolute Gasteiger partial charge is 0.326 e. The van der Waals surface area contributed by atoms with E-state index < -0.39 is 42.8 Å². The molecule has 1 rings (SSSR count). The zero-order chi connectivity index (χ0) is 18.1. The van der Waals surface area contributed by atoms with Crippen molar-refractivity contribution < 1.29 is 34.8 Å². The van der Waals surface area contributed by atoms with E-state index in [1.54, 1.807) is 0 Å². The number of carboxylic acid groups (broad SMARTS) is 2. The molecule has 13 nitrogen and oxygen atoms in total. The molecule has 1 heterocycles. The summed E-state index contributed by atoms with van der Waals surface area (Å²) in [5.74, 6) is -2.24.